The fourth-order valence-corrected chi connectivity index (χ4v) is 3.08. The lowest BCUT2D eigenvalue weighted by Crippen LogP contribution is -2.38. The summed E-state index contributed by atoms with van der Waals surface area (Å²) in [4.78, 5) is 0. The minimum atomic E-state index is -3.98. The maximum Gasteiger partial charge on any atom is 0.391 e. The Morgan fingerprint density at radius 1 is 1.11 bits per heavy atom. The Morgan fingerprint density at radius 2 is 1.72 bits per heavy atom. The second-order valence-electron chi connectivity index (χ2n) is 5.54. The first-order valence-electron chi connectivity index (χ1n) is 7.23. The highest BCUT2D eigenvalue weighted by Gasteiger charge is 2.42. The van der Waals surface area contributed by atoms with E-state index in [2.05, 4.69) is 12.2 Å². The van der Waals surface area contributed by atoms with Gasteiger partial charge in [-0.1, -0.05) is 26.2 Å². The van der Waals surface area contributed by atoms with E-state index in [1.54, 1.807) is 0 Å². The SMILES string of the molecule is CCCCCC(NC)C1CCC(C(F)(F)F)CC1. The topological polar surface area (TPSA) is 12.0 Å². The van der Waals surface area contributed by atoms with Gasteiger partial charge in [-0.15, -0.1) is 0 Å². The van der Waals surface area contributed by atoms with Crippen molar-refractivity contribution in [2.45, 2.75) is 70.5 Å². The average Bonchev–Trinajstić information content (AvgIpc) is 2.34. The van der Waals surface area contributed by atoms with E-state index >= 15 is 0 Å². The molecule has 1 aliphatic carbocycles. The molecule has 0 aromatic heterocycles. The predicted octanol–water partition coefficient (Wildman–Crippen LogP) is 4.52. The molecular formula is C14H26F3N. The van der Waals surface area contributed by atoms with Crippen molar-refractivity contribution < 1.29 is 13.2 Å². The van der Waals surface area contributed by atoms with Crippen LogP contribution >= 0.6 is 0 Å². The summed E-state index contributed by atoms with van der Waals surface area (Å²) >= 11 is 0. The molecule has 1 nitrogen and oxygen atoms in total. The molecule has 0 radical (unpaired) electrons. The maximum atomic E-state index is 12.6. The number of hydrogen-bond acceptors (Lipinski definition) is 1. The molecule has 1 saturated carbocycles. The number of hydrogen-bond donors (Lipinski definition) is 1. The molecule has 0 aliphatic heterocycles. The molecule has 18 heavy (non-hydrogen) atoms. The Kier molecular flexibility index (Phi) is 6.47. The molecule has 1 N–H and O–H groups in total. The van der Waals surface area contributed by atoms with Crippen LogP contribution in [0.2, 0.25) is 0 Å². The standard InChI is InChI=1S/C14H26F3N/c1-3-4-5-6-13(18-2)11-7-9-12(10-8-11)14(15,16)17/h11-13,18H,3-10H2,1-2H3. The zero-order chi connectivity index (χ0) is 13.6. The van der Waals surface area contributed by atoms with Gasteiger partial charge in [0, 0.05) is 6.04 Å². The molecule has 1 aliphatic rings. The second-order valence-corrected chi connectivity index (χ2v) is 5.54. The monoisotopic (exact) mass is 265 g/mol. The summed E-state index contributed by atoms with van der Waals surface area (Å²) in [5.41, 5.74) is 0. The lowest BCUT2D eigenvalue weighted by molar-refractivity contribution is -0.184. The quantitative estimate of drug-likeness (QED) is 0.696. The molecule has 0 bridgehead atoms. The first kappa shape index (κ1) is 15.8. The molecule has 0 spiro atoms. The highest BCUT2D eigenvalue weighted by Crippen LogP contribution is 2.40. The molecular weight excluding hydrogens is 239 g/mol. The third-order valence-corrected chi connectivity index (χ3v) is 4.29. The van der Waals surface area contributed by atoms with E-state index in [0.717, 1.165) is 19.3 Å². The van der Waals surface area contributed by atoms with Crippen molar-refractivity contribution in [1.82, 2.24) is 5.32 Å². The van der Waals surface area contributed by atoms with Crippen LogP contribution in [0.15, 0.2) is 0 Å². The van der Waals surface area contributed by atoms with Crippen molar-refractivity contribution in [3.63, 3.8) is 0 Å². The fourth-order valence-electron chi connectivity index (χ4n) is 3.08. The highest BCUT2D eigenvalue weighted by atomic mass is 19.4. The van der Waals surface area contributed by atoms with Gasteiger partial charge in [-0.3, -0.25) is 0 Å². The third kappa shape index (κ3) is 4.79. The van der Waals surface area contributed by atoms with Gasteiger partial charge >= 0.3 is 6.18 Å². The van der Waals surface area contributed by atoms with Crippen LogP contribution < -0.4 is 5.32 Å². The second kappa shape index (κ2) is 7.37. The molecule has 1 rings (SSSR count). The summed E-state index contributed by atoms with van der Waals surface area (Å²) in [5, 5.41) is 3.30. The van der Waals surface area contributed by atoms with Gasteiger partial charge in [-0.2, -0.15) is 13.2 Å². The van der Waals surface area contributed by atoms with Crippen LogP contribution in [0.3, 0.4) is 0 Å². The highest BCUT2D eigenvalue weighted by molar-refractivity contribution is 4.83. The van der Waals surface area contributed by atoms with Crippen molar-refractivity contribution in [2.24, 2.45) is 11.8 Å². The molecule has 0 amide bonds. The van der Waals surface area contributed by atoms with Crippen molar-refractivity contribution in [3.8, 4) is 0 Å². The van der Waals surface area contributed by atoms with Crippen LogP contribution in [-0.4, -0.2) is 19.3 Å². The zero-order valence-electron chi connectivity index (χ0n) is 11.5. The average molecular weight is 265 g/mol. The van der Waals surface area contributed by atoms with Crippen LogP contribution in [-0.2, 0) is 0 Å². The molecule has 4 heteroatoms. The molecule has 0 heterocycles. The number of rotatable bonds is 6. The predicted molar refractivity (Wildman–Crippen MR) is 68.5 cm³/mol. The third-order valence-electron chi connectivity index (χ3n) is 4.29. The number of alkyl halides is 3. The van der Waals surface area contributed by atoms with E-state index in [-0.39, 0.29) is 0 Å². The van der Waals surface area contributed by atoms with E-state index in [0.29, 0.717) is 24.8 Å². The maximum absolute atomic E-state index is 12.6. The number of halogens is 3. The summed E-state index contributed by atoms with van der Waals surface area (Å²) in [6.45, 7) is 2.17. The molecule has 1 fully saturated rings. The lowest BCUT2D eigenvalue weighted by Gasteiger charge is -2.34. The summed E-state index contributed by atoms with van der Waals surface area (Å²) in [5.74, 6) is -0.618. The number of unbranched alkanes of at least 4 members (excludes halogenated alkanes) is 2. The van der Waals surface area contributed by atoms with Gasteiger partial charge < -0.3 is 5.32 Å². The Labute approximate surface area is 109 Å². The van der Waals surface area contributed by atoms with E-state index in [1.165, 1.54) is 19.3 Å². The summed E-state index contributed by atoms with van der Waals surface area (Å²) in [6.07, 6.45) is 2.80. The first-order chi connectivity index (χ1) is 8.49. The van der Waals surface area contributed by atoms with E-state index in [9.17, 15) is 13.2 Å². The minimum Gasteiger partial charge on any atom is -0.317 e. The molecule has 108 valence electrons. The zero-order valence-corrected chi connectivity index (χ0v) is 11.5. The van der Waals surface area contributed by atoms with E-state index in [4.69, 9.17) is 0 Å². The van der Waals surface area contributed by atoms with Crippen molar-refractivity contribution in [1.29, 1.82) is 0 Å². The van der Waals surface area contributed by atoms with Gasteiger partial charge in [0.2, 0.25) is 0 Å². The van der Waals surface area contributed by atoms with Crippen LogP contribution in [0.1, 0.15) is 58.3 Å². The van der Waals surface area contributed by atoms with E-state index < -0.39 is 12.1 Å². The van der Waals surface area contributed by atoms with Gasteiger partial charge in [0.1, 0.15) is 0 Å². The largest absolute Gasteiger partial charge is 0.391 e. The fraction of sp³-hybridized carbons (Fsp3) is 1.00. The van der Waals surface area contributed by atoms with Crippen molar-refractivity contribution in [2.75, 3.05) is 7.05 Å². The molecule has 0 aromatic carbocycles. The van der Waals surface area contributed by atoms with Crippen molar-refractivity contribution in [3.05, 3.63) is 0 Å². The van der Waals surface area contributed by atoms with Crippen LogP contribution in [0.4, 0.5) is 13.2 Å². The van der Waals surface area contributed by atoms with Gasteiger partial charge in [0.05, 0.1) is 5.92 Å². The Hall–Kier alpha value is -0.250. The van der Waals surface area contributed by atoms with Crippen LogP contribution in [0, 0.1) is 11.8 Å². The lowest BCUT2D eigenvalue weighted by atomic mass is 9.77. The Morgan fingerprint density at radius 3 is 2.17 bits per heavy atom. The smallest absolute Gasteiger partial charge is 0.317 e. The molecule has 1 unspecified atom stereocenters. The van der Waals surface area contributed by atoms with Gasteiger partial charge in [-0.05, 0) is 45.1 Å². The minimum absolute atomic E-state index is 0.320. The van der Waals surface area contributed by atoms with Gasteiger partial charge in [0.25, 0.3) is 0 Å². The normalized spacial score (nSPS) is 27.2. The Balaban J connectivity index is 2.35. The molecule has 1 atom stereocenters. The van der Waals surface area contributed by atoms with E-state index in [1.807, 2.05) is 7.05 Å². The summed E-state index contributed by atoms with van der Waals surface area (Å²) in [6, 6.07) is 0.408. The summed E-state index contributed by atoms with van der Waals surface area (Å²) in [7, 11) is 1.94. The Bertz CT molecular complexity index is 220. The number of nitrogens with one attached hydrogen (secondary N) is 1. The van der Waals surface area contributed by atoms with Crippen LogP contribution in [0.5, 0.6) is 0 Å². The van der Waals surface area contributed by atoms with Crippen molar-refractivity contribution >= 4 is 0 Å². The molecule has 0 aromatic rings. The molecule has 0 saturated heterocycles. The first-order valence-corrected chi connectivity index (χ1v) is 7.23. The van der Waals surface area contributed by atoms with Gasteiger partial charge in [0.15, 0.2) is 0 Å². The van der Waals surface area contributed by atoms with Gasteiger partial charge in [-0.25, -0.2) is 0 Å². The summed E-state index contributed by atoms with van der Waals surface area (Å²) < 4.78 is 37.8. The van der Waals surface area contributed by atoms with Crippen LogP contribution in [0.25, 0.3) is 0 Å².